The first-order chi connectivity index (χ1) is 12.9. The molecule has 0 spiro atoms. The molecule has 0 unspecified atom stereocenters. The SMILES string of the molecule is Cc1c(Cc2cccc([N+](=O)[O-])c2)c(=O)oc2cc(OCCF)c(Cl)cc12. The number of benzene rings is 2. The molecule has 0 bridgehead atoms. The summed E-state index contributed by atoms with van der Waals surface area (Å²) >= 11 is 6.18. The number of nitro benzene ring substituents is 1. The number of ether oxygens (including phenoxy) is 1. The average Bonchev–Trinajstić information content (AvgIpc) is 2.64. The van der Waals surface area contributed by atoms with Crippen molar-refractivity contribution in [3.8, 4) is 5.75 Å². The number of alkyl halides is 1. The van der Waals surface area contributed by atoms with Crippen LogP contribution in [-0.4, -0.2) is 18.2 Å². The smallest absolute Gasteiger partial charge is 0.340 e. The number of nitro groups is 1. The molecule has 0 radical (unpaired) electrons. The number of halogens is 2. The highest BCUT2D eigenvalue weighted by atomic mass is 35.5. The highest BCUT2D eigenvalue weighted by molar-refractivity contribution is 6.32. The van der Waals surface area contributed by atoms with E-state index in [0.717, 1.165) is 0 Å². The van der Waals surface area contributed by atoms with Crippen molar-refractivity contribution in [1.29, 1.82) is 0 Å². The molecule has 0 amide bonds. The van der Waals surface area contributed by atoms with Gasteiger partial charge in [0.15, 0.2) is 0 Å². The van der Waals surface area contributed by atoms with Crippen LogP contribution in [0, 0.1) is 17.0 Å². The molecule has 0 atom stereocenters. The first kappa shape index (κ1) is 18.8. The van der Waals surface area contributed by atoms with Crippen molar-refractivity contribution in [2.24, 2.45) is 0 Å². The van der Waals surface area contributed by atoms with Crippen molar-refractivity contribution >= 4 is 28.3 Å². The summed E-state index contributed by atoms with van der Waals surface area (Å²) in [4.78, 5) is 22.9. The molecule has 140 valence electrons. The fraction of sp³-hybridized carbons (Fsp3) is 0.211. The van der Waals surface area contributed by atoms with E-state index in [1.807, 2.05) is 0 Å². The number of hydrogen-bond donors (Lipinski definition) is 0. The van der Waals surface area contributed by atoms with E-state index in [4.69, 9.17) is 20.8 Å². The number of nitrogens with zero attached hydrogens (tertiary/aromatic N) is 1. The van der Waals surface area contributed by atoms with Gasteiger partial charge in [-0.05, 0) is 24.1 Å². The van der Waals surface area contributed by atoms with Crippen LogP contribution in [0.5, 0.6) is 5.75 Å². The van der Waals surface area contributed by atoms with Gasteiger partial charge in [0.05, 0.1) is 9.95 Å². The summed E-state index contributed by atoms with van der Waals surface area (Å²) in [5.41, 5.74) is 1.34. The second-order valence-electron chi connectivity index (χ2n) is 5.91. The molecule has 1 heterocycles. The molecule has 0 saturated heterocycles. The molecule has 8 heteroatoms. The van der Waals surface area contributed by atoms with E-state index in [1.165, 1.54) is 18.2 Å². The first-order valence-electron chi connectivity index (χ1n) is 8.08. The van der Waals surface area contributed by atoms with Gasteiger partial charge in [-0.15, -0.1) is 0 Å². The van der Waals surface area contributed by atoms with Gasteiger partial charge in [-0.3, -0.25) is 10.1 Å². The zero-order valence-corrected chi connectivity index (χ0v) is 15.1. The minimum Gasteiger partial charge on any atom is -0.489 e. The van der Waals surface area contributed by atoms with Crippen molar-refractivity contribution in [3.63, 3.8) is 0 Å². The number of fused-ring (bicyclic) bond motifs is 1. The Morgan fingerprint density at radius 1 is 1.30 bits per heavy atom. The number of rotatable bonds is 6. The maximum atomic E-state index is 12.5. The molecule has 0 fully saturated rings. The summed E-state index contributed by atoms with van der Waals surface area (Å²) in [5, 5.41) is 11.8. The van der Waals surface area contributed by atoms with E-state index >= 15 is 0 Å². The molecule has 3 rings (SSSR count). The van der Waals surface area contributed by atoms with Gasteiger partial charge in [-0.25, -0.2) is 9.18 Å². The summed E-state index contributed by atoms with van der Waals surface area (Å²) in [6.07, 6.45) is 0.184. The summed E-state index contributed by atoms with van der Waals surface area (Å²) in [7, 11) is 0. The van der Waals surface area contributed by atoms with E-state index in [9.17, 15) is 19.3 Å². The number of non-ortho nitro benzene ring substituents is 1. The predicted octanol–water partition coefficient (Wildman–Crippen LogP) is 4.60. The Balaban J connectivity index is 2.05. The van der Waals surface area contributed by atoms with Crippen molar-refractivity contribution in [3.05, 3.63) is 78.6 Å². The molecule has 1 aromatic heterocycles. The third-order valence-electron chi connectivity index (χ3n) is 4.18. The molecule has 0 aliphatic rings. The number of hydrogen-bond acceptors (Lipinski definition) is 5. The van der Waals surface area contributed by atoms with E-state index in [-0.39, 0.29) is 35.1 Å². The molecule has 6 nitrogen and oxygen atoms in total. The Morgan fingerprint density at radius 2 is 2.07 bits per heavy atom. The van der Waals surface area contributed by atoms with Gasteiger partial charge in [0.2, 0.25) is 0 Å². The van der Waals surface area contributed by atoms with Crippen molar-refractivity contribution in [2.45, 2.75) is 13.3 Å². The summed E-state index contributed by atoms with van der Waals surface area (Å²) in [6, 6.07) is 9.13. The van der Waals surface area contributed by atoms with Gasteiger partial charge in [0.1, 0.15) is 24.6 Å². The molecule has 0 aliphatic carbocycles. The normalized spacial score (nSPS) is 10.9. The van der Waals surface area contributed by atoms with Gasteiger partial charge < -0.3 is 9.15 Å². The highest BCUT2D eigenvalue weighted by Crippen LogP contribution is 2.32. The van der Waals surface area contributed by atoms with Crippen molar-refractivity contribution < 1.29 is 18.5 Å². The number of aryl methyl sites for hydroxylation is 1. The van der Waals surface area contributed by atoms with Gasteiger partial charge in [-0.2, -0.15) is 0 Å². The highest BCUT2D eigenvalue weighted by Gasteiger charge is 2.16. The van der Waals surface area contributed by atoms with Crippen LogP contribution in [0.25, 0.3) is 11.0 Å². The molecule has 2 aromatic carbocycles. The maximum absolute atomic E-state index is 12.5. The molecule has 0 N–H and O–H groups in total. The Hall–Kier alpha value is -2.93. The molecule has 0 saturated carbocycles. The van der Waals surface area contributed by atoms with Gasteiger partial charge >= 0.3 is 5.63 Å². The zero-order valence-electron chi connectivity index (χ0n) is 14.3. The van der Waals surface area contributed by atoms with Crippen LogP contribution in [-0.2, 0) is 6.42 Å². The molecular weight excluding hydrogens is 377 g/mol. The minimum atomic E-state index is -0.667. The zero-order chi connectivity index (χ0) is 19.6. The summed E-state index contributed by atoms with van der Waals surface area (Å²) in [6.45, 7) is 0.934. The molecular formula is C19H15ClFNO5. The Labute approximate surface area is 158 Å². The van der Waals surface area contributed by atoms with Crippen LogP contribution in [0.4, 0.5) is 10.1 Å². The predicted molar refractivity (Wildman–Crippen MR) is 99.6 cm³/mol. The second-order valence-corrected chi connectivity index (χ2v) is 6.32. The van der Waals surface area contributed by atoms with E-state index < -0.39 is 17.2 Å². The lowest BCUT2D eigenvalue weighted by Crippen LogP contribution is -2.11. The lowest BCUT2D eigenvalue weighted by molar-refractivity contribution is -0.384. The van der Waals surface area contributed by atoms with Gasteiger partial charge in [0, 0.05) is 35.6 Å². The molecule has 27 heavy (non-hydrogen) atoms. The fourth-order valence-electron chi connectivity index (χ4n) is 2.84. The Kier molecular flexibility index (Phi) is 5.41. The van der Waals surface area contributed by atoms with Gasteiger partial charge in [-0.1, -0.05) is 23.7 Å². The van der Waals surface area contributed by atoms with E-state index in [1.54, 1.807) is 25.1 Å². The maximum Gasteiger partial charge on any atom is 0.340 e. The second kappa shape index (κ2) is 7.75. The van der Waals surface area contributed by atoms with Crippen molar-refractivity contribution in [1.82, 2.24) is 0 Å². The monoisotopic (exact) mass is 391 g/mol. The fourth-order valence-corrected chi connectivity index (χ4v) is 3.06. The third-order valence-corrected chi connectivity index (χ3v) is 4.47. The van der Waals surface area contributed by atoms with Crippen LogP contribution in [0.3, 0.4) is 0 Å². The summed E-state index contributed by atoms with van der Waals surface area (Å²) in [5.74, 6) is 0.232. The van der Waals surface area contributed by atoms with Crippen LogP contribution < -0.4 is 10.4 Å². The molecule has 3 aromatic rings. The Morgan fingerprint density at radius 3 is 2.78 bits per heavy atom. The third kappa shape index (κ3) is 3.93. The van der Waals surface area contributed by atoms with Crippen LogP contribution in [0.1, 0.15) is 16.7 Å². The average molecular weight is 392 g/mol. The first-order valence-corrected chi connectivity index (χ1v) is 8.46. The van der Waals surface area contributed by atoms with E-state index in [2.05, 4.69) is 0 Å². The van der Waals surface area contributed by atoms with Crippen LogP contribution >= 0.6 is 11.6 Å². The topological polar surface area (TPSA) is 82.6 Å². The lowest BCUT2D eigenvalue weighted by atomic mass is 9.99. The van der Waals surface area contributed by atoms with Crippen LogP contribution in [0.2, 0.25) is 5.02 Å². The van der Waals surface area contributed by atoms with Crippen molar-refractivity contribution in [2.75, 3.05) is 13.3 Å². The largest absolute Gasteiger partial charge is 0.489 e. The lowest BCUT2D eigenvalue weighted by Gasteiger charge is -2.11. The van der Waals surface area contributed by atoms with E-state index in [0.29, 0.717) is 22.1 Å². The standard InChI is InChI=1S/C19H15ClFNO5/c1-11-14-9-16(20)18(26-6-5-21)10-17(14)27-19(23)15(11)8-12-3-2-4-13(7-12)22(24)25/h2-4,7,9-10H,5-6,8H2,1H3. The Bertz CT molecular complexity index is 1080. The minimum absolute atomic E-state index is 0.0481. The van der Waals surface area contributed by atoms with Gasteiger partial charge in [0.25, 0.3) is 5.69 Å². The quantitative estimate of drug-likeness (QED) is 0.348. The molecule has 0 aliphatic heterocycles. The van der Waals surface area contributed by atoms with Crippen LogP contribution in [0.15, 0.2) is 45.6 Å². The summed E-state index contributed by atoms with van der Waals surface area (Å²) < 4.78 is 22.9.